The van der Waals surface area contributed by atoms with Crippen molar-refractivity contribution in [3.63, 3.8) is 0 Å². The van der Waals surface area contributed by atoms with Gasteiger partial charge in [-0.3, -0.25) is 9.59 Å². The second-order valence-electron chi connectivity index (χ2n) is 8.82. The molecular formula is C24H20FN7O2. The van der Waals surface area contributed by atoms with E-state index in [9.17, 15) is 14.0 Å². The monoisotopic (exact) mass is 457 g/mol. The molecule has 1 aromatic carbocycles. The van der Waals surface area contributed by atoms with Crippen LogP contribution >= 0.6 is 0 Å². The van der Waals surface area contributed by atoms with Gasteiger partial charge in [0.2, 0.25) is 11.8 Å². The third-order valence-electron chi connectivity index (χ3n) is 6.34. The number of imidazole rings is 1. The Hall–Kier alpha value is -4.21. The minimum Gasteiger partial charge on any atom is -0.352 e. The minimum absolute atomic E-state index is 0.131. The van der Waals surface area contributed by atoms with Crippen LogP contribution in [0.3, 0.4) is 0 Å². The third kappa shape index (κ3) is 3.30. The summed E-state index contributed by atoms with van der Waals surface area (Å²) in [6.07, 6.45) is 9.03. The summed E-state index contributed by atoms with van der Waals surface area (Å²) in [5.41, 5.74) is 1.77. The smallest absolute Gasteiger partial charge is 0.245 e. The van der Waals surface area contributed by atoms with Crippen molar-refractivity contribution in [2.24, 2.45) is 0 Å². The highest BCUT2D eigenvalue weighted by atomic mass is 19.1. The summed E-state index contributed by atoms with van der Waals surface area (Å²) in [4.78, 5) is 43.7. The average Bonchev–Trinajstić information content (AvgIpc) is 3.44. The first-order valence-corrected chi connectivity index (χ1v) is 11.0. The summed E-state index contributed by atoms with van der Waals surface area (Å²) in [6.45, 7) is 1.59. The van der Waals surface area contributed by atoms with E-state index in [1.54, 1.807) is 37.6 Å². The number of carbonyl (C=O) groups is 2. The highest BCUT2D eigenvalue weighted by Crippen LogP contribution is 2.38. The number of rotatable bonds is 5. The van der Waals surface area contributed by atoms with E-state index in [1.165, 1.54) is 18.3 Å². The number of nitrogens with zero attached hydrogens (tertiary/aromatic N) is 5. The van der Waals surface area contributed by atoms with Gasteiger partial charge >= 0.3 is 0 Å². The molecule has 34 heavy (non-hydrogen) atoms. The molecule has 1 atom stereocenters. The maximum absolute atomic E-state index is 13.3. The van der Waals surface area contributed by atoms with Gasteiger partial charge in [0.25, 0.3) is 0 Å². The highest BCUT2D eigenvalue weighted by molar-refractivity contribution is 6.19. The van der Waals surface area contributed by atoms with Gasteiger partial charge in [-0.1, -0.05) is 12.1 Å². The fourth-order valence-corrected chi connectivity index (χ4v) is 4.12. The van der Waals surface area contributed by atoms with Crippen LogP contribution in [0.1, 0.15) is 36.6 Å². The van der Waals surface area contributed by atoms with Crippen LogP contribution < -0.4 is 10.6 Å². The largest absolute Gasteiger partial charge is 0.352 e. The molecule has 1 saturated carbocycles. The van der Waals surface area contributed by atoms with Gasteiger partial charge in [0.15, 0.2) is 16.9 Å². The van der Waals surface area contributed by atoms with Gasteiger partial charge in [0, 0.05) is 42.8 Å². The van der Waals surface area contributed by atoms with Gasteiger partial charge in [0.05, 0.1) is 5.69 Å². The van der Waals surface area contributed by atoms with Gasteiger partial charge in [-0.25, -0.2) is 24.3 Å². The number of anilines is 1. The molecule has 4 heterocycles. The van der Waals surface area contributed by atoms with Crippen LogP contribution in [-0.4, -0.2) is 42.2 Å². The van der Waals surface area contributed by atoms with E-state index in [0.717, 1.165) is 18.4 Å². The Labute approximate surface area is 193 Å². The first-order valence-electron chi connectivity index (χ1n) is 11.0. The summed E-state index contributed by atoms with van der Waals surface area (Å²) in [5.74, 6) is -0.468. The maximum atomic E-state index is 13.3. The molecule has 4 aromatic rings. The van der Waals surface area contributed by atoms with Crippen molar-refractivity contribution in [3.8, 4) is 11.5 Å². The van der Waals surface area contributed by atoms with Gasteiger partial charge < -0.3 is 15.0 Å². The first kappa shape index (κ1) is 20.4. The Kier molecular flexibility index (Phi) is 4.44. The molecule has 1 fully saturated rings. The third-order valence-corrected chi connectivity index (χ3v) is 6.34. The zero-order chi connectivity index (χ0) is 23.4. The summed E-state index contributed by atoms with van der Waals surface area (Å²) < 4.78 is 15.1. The molecule has 3 aromatic heterocycles. The van der Waals surface area contributed by atoms with Crippen LogP contribution in [0.5, 0.6) is 0 Å². The summed E-state index contributed by atoms with van der Waals surface area (Å²) in [5, 5.41) is 5.64. The average molecular weight is 457 g/mol. The topological polar surface area (TPSA) is 114 Å². The molecule has 6 rings (SSSR count). The van der Waals surface area contributed by atoms with E-state index in [-0.39, 0.29) is 17.8 Å². The molecule has 0 saturated heterocycles. The second kappa shape index (κ2) is 7.41. The predicted octanol–water partition coefficient (Wildman–Crippen LogP) is 2.40. The zero-order valence-electron chi connectivity index (χ0n) is 18.2. The molecule has 0 unspecified atom stereocenters. The van der Waals surface area contributed by atoms with Crippen LogP contribution in [0, 0.1) is 5.82 Å². The van der Waals surface area contributed by atoms with Gasteiger partial charge in [-0.2, -0.15) is 0 Å². The molecule has 2 aliphatic rings. The van der Waals surface area contributed by atoms with Crippen molar-refractivity contribution in [3.05, 3.63) is 71.7 Å². The lowest BCUT2D eigenvalue weighted by atomic mass is 9.84. The number of hydrogen-bond acceptors (Lipinski definition) is 6. The zero-order valence-corrected chi connectivity index (χ0v) is 18.2. The lowest BCUT2D eigenvalue weighted by Gasteiger charge is -2.20. The Morgan fingerprint density at radius 1 is 1.24 bits per heavy atom. The molecule has 0 radical (unpaired) electrons. The normalized spacial score (nSPS) is 19.2. The standard InChI is InChI=1S/C24H20FN7O2/c1-24(22(33)28-15-6-7-15)16-11-27-20(30-19(16)31-23(24)34)18-12-32-9-8-26-21(32)17(29-18)10-13-2-4-14(25)5-3-13/h2-5,8-9,11-12,15H,6-7,10H2,1H3,(H,28,33)(H,27,30,31,34)/t24-/m1/s1. The summed E-state index contributed by atoms with van der Waals surface area (Å²) in [6, 6.07) is 6.36. The Morgan fingerprint density at radius 3 is 2.79 bits per heavy atom. The van der Waals surface area contributed by atoms with E-state index in [4.69, 9.17) is 4.98 Å². The van der Waals surface area contributed by atoms with E-state index in [2.05, 4.69) is 25.6 Å². The van der Waals surface area contributed by atoms with Crippen molar-refractivity contribution in [2.75, 3.05) is 5.32 Å². The van der Waals surface area contributed by atoms with Gasteiger partial charge in [-0.05, 0) is 37.5 Å². The van der Waals surface area contributed by atoms with E-state index in [0.29, 0.717) is 40.7 Å². The molecule has 170 valence electrons. The lowest BCUT2D eigenvalue weighted by Crippen LogP contribution is -2.47. The minimum atomic E-state index is -1.38. The van der Waals surface area contributed by atoms with Crippen molar-refractivity contribution < 1.29 is 14.0 Å². The number of amides is 2. The number of fused-ring (bicyclic) bond motifs is 2. The molecular weight excluding hydrogens is 437 g/mol. The lowest BCUT2D eigenvalue weighted by molar-refractivity contribution is -0.133. The van der Waals surface area contributed by atoms with E-state index >= 15 is 0 Å². The van der Waals surface area contributed by atoms with Gasteiger partial charge in [-0.15, -0.1) is 0 Å². The van der Waals surface area contributed by atoms with Crippen LogP contribution in [0.15, 0.2) is 49.1 Å². The van der Waals surface area contributed by atoms with Crippen LogP contribution in [-0.2, 0) is 21.4 Å². The number of benzene rings is 1. The van der Waals surface area contributed by atoms with Crippen molar-refractivity contribution >= 4 is 23.3 Å². The Bertz CT molecular complexity index is 1460. The fourth-order valence-electron chi connectivity index (χ4n) is 4.12. The SMILES string of the molecule is C[C@@]1(C(=O)NC2CC2)C(=O)Nc2nc(-c3cn4ccnc4c(Cc4ccc(F)cc4)n3)ncc21. The maximum Gasteiger partial charge on any atom is 0.245 e. The number of halogens is 1. The van der Waals surface area contributed by atoms with E-state index in [1.807, 2.05) is 4.40 Å². The first-order chi connectivity index (χ1) is 16.4. The van der Waals surface area contributed by atoms with Crippen LogP contribution in [0.4, 0.5) is 10.2 Å². The summed E-state index contributed by atoms with van der Waals surface area (Å²) in [7, 11) is 0. The Morgan fingerprint density at radius 2 is 2.03 bits per heavy atom. The van der Waals surface area contributed by atoms with Crippen molar-refractivity contribution in [1.82, 2.24) is 29.7 Å². The van der Waals surface area contributed by atoms with Crippen LogP contribution in [0.2, 0.25) is 0 Å². The van der Waals surface area contributed by atoms with E-state index < -0.39 is 11.3 Å². The number of aromatic nitrogens is 5. The molecule has 0 spiro atoms. The molecule has 1 aliphatic carbocycles. The Balaban J connectivity index is 1.38. The molecule has 10 heteroatoms. The summed E-state index contributed by atoms with van der Waals surface area (Å²) >= 11 is 0. The van der Waals surface area contributed by atoms with Crippen molar-refractivity contribution in [1.29, 1.82) is 0 Å². The van der Waals surface area contributed by atoms with Crippen molar-refractivity contribution in [2.45, 2.75) is 37.6 Å². The molecule has 9 nitrogen and oxygen atoms in total. The predicted molar refractivity (Wildman–Crippen MR) is 120 cm³/mol. The van der Waals surface area contributed by atoms with Crippen LogP contribution in [0.25, 0.3) is 17.2 Å². The molecule has 2 amide bonds. The second-order valence-corrected chi connectivity index (χ2v) is 8.82. The molecule has 2 N–H and O–H groups in total. The van der Waals surface area contributed by atoms with Gasteiger partial charge in [0.1, 0.15) is 17.3 Å². The quantitative estimate of drug-likeness (QED) is 0.445. The molecule has 0 bridgehead atoms. The number of hydrogen-bond donors (Lipinski definition) is 2. The highest BCUT2D eigenvalue weighted by Gasteiger charge is 2.51. The number of nitrogens with one attached hydrogen (secondary N) is 2. The number of carbonyl (C=O) groups excluding carboxylic acids is 2. The fraction of sp³-hybridized carbons (Fsp3) is 0.250. The molecule has 1 aliphatic heterocycles.